The van der Waals surface area contributed by atoms with Crippen LogP contribution in [0.4, 0.5) is 0 Å². The molecule has 0 spiro atoms. The highest BCUT2D eigenvalue weighted by Gasteiger charge is 2.76. The van der Waals surface area contributed by atoms with Crippen molar-refractivity contribution in [2.45, 2.75) is 53.1 Å². The number of carbonyl (C=O) groups is 5. The van der Waals surface area contributed by atoms with E-state index in [1.165, 1.54) is 6.07 Å². The van der Waals surface area contributed by atoms with Gasteiger partial charge in [-0.3, -0.25) is 24.0 Å². The average Bonchev–Trinajstić information content (AvgIpc) is 3.34. The predicted molar refractivity (Wildman–Crippen MR) is 144 cm³/mol. The van der Waals surface area contributed by atoms with Gasteiger partial charge in [0.15, 0.2) is 40.2 Å². The Labute approximate surface area is 236 Å². The van der Waals surface area contributed by atoms with Crippen LogP contribution in [0.25, 0.3) is 11.1 Å². The third-order valence-corrected chi connectivity index (χ3v) is 9.95. The van der Waals surface area contributed by atoms with E-state index < -0.39 is 69.0 Å². The molecule has 6 rings (SSSR count). The maximum Gasteiger partial charge on any atom is 0.231 e. The molecule has 3 unspecified atom stereocenters. The van der Waals surface area contributed by atoms with E-state index in [-0.39, 0.29) is 30.9 Å². The highest BCUT2D eigenvalue weighted by atomic mass is 16.7. The lowest BCUT2D eigenvalue weighted by atomic mass is 9.40. The summed E-state index contributed by atoms with van der Waals surface area (Å²) in [6, 6.07) is 8.45. The summed E-state index contributed by atoms with van der Waals surface area (Å²) >= 11 is 0. The van der Waals surface area contributed by atoms with Gasteiger partial charge in [-0.1, -0.05) is 39.8 Å². The van der Waals surface area contributed by atoms with E-state index in [1.807, 2.05) is 6.07 Å². The molecule has 3 aliphatic carbocycles. The van der Waals surface area contributed by atoms with Crippen LogP contribution in [-0.4, -0.2) is 51.5 Å². The number of fused-ring (bicyclic) bond motifs is 4. The first-order valence-electron chi connectivity index (χ1n) is 13.8. The first-order valence-corrected chi connectivity index (χ1v) is 13.8. The molecule has 9 nitrogen and oxygen atoms in total. The number of aliphatic hydroxyl groups is 1. The van der Waals surface area contributed by atoms with Crippen LogP contribution in [0.1, 0.15) is 57.0 Å². The summed E-state index contributed by atoms with van der Waals surface area (Å²) in [5.74, 6) is -7.98. The van der Waals surface area contributed by atoms with Crippen LogP contribution in [0, 0.1) is 34.5 Å². The lowest BCUT2D eigenvalue weighted by molar-refractivity contribution is -0.205. The van der Waals surface area contributed by atoms with E-state index in [1.54, 1.807) is 45.9 Å². The Kier molecular flexibility index (Phi) is 5.72. The Morgan fingerprint density at radius 1 is 1.00 bits per heavy atom. The fraction of sp³-hybridized carbons (Fsp3) is 0.469. The van der Waals surface area contributed by atoms with E-state index >= 15 is 0 Å². The second-order valence-electron chi connectivity index (χ2n) is 12.9. The molecular formula is C32H32O9. The van der Waals surface area contributed by atoms with Crippen molar-refractivity contribution in [3.8, 4) is 28.4 Å². The van der Waals surface area contributed by atoms with Gasteiger partial charge in [-0.25, -0.2) is 0 Å². The van der Waals surface area contributed by atoms with Gasteiger partial charge in [0, 0.05) is 11.3 Å². The molecule has 0 amide bonds. The monoisotopic (exact) mass is 560 g/mol. The molecule has 0 saturated heterocycles. The SMILES string of the molecule is CC(=O)C1C(=O)C(C(C)C)[C@@]2(C)C[C@@]3(C)Cc4c(-c5ccc6c(c5)OCO6)ccc(O)c4C(=O)C3C(=O)[C@@]2(O)C1=O. The van der Waals surface area contributed by atoms with Crippen LogP contribution in [0.3, 0.4) is 0 Å². The molecule has 2 aromatic rings. The summed E-state index contributed by atoms with van der Waals surface area (Å²) in [6.07, 6.45) is 0.164. The molecule has 41 heavy (non-hydrogen) atoms. The highest BCUT2D eigenvalue weighted by Crippen LogP contribution is 2.64. The number of carbonyl (C=O) groups excluding carboxylic acids is 5. The molecule has 2 N–H and O–H groups in total. The van der Waals surface area contributed by atoms with Gasteiger partial charge < -0.3 is 19.7 Å². The first-order chi connectivity index (χ1) is 19.2. The minimum Gasteiger partial charge on any atom is -0.507 e. The average molecular weight is 561 g/mol. The van der Waals surface area contributed by atoms with Crippen LogP contribution in [0.2, 0.25) is 0 Å². The molecular weight excluding hydrogens is 528 g/mol. The third-order valence-electron chi connectivity index (χ3n) is 9.95. The van der Waals surface area contributed by atoms with Crippen molar-refractivity contribution in [2.75, 3.05) is 6.79 Å². The Morgan fingerprint density at radius 3 is 2.34 bits per heavy atom. The molecule has 9 heteroatoms. The molecule has 6 atom stereocenters. The number of hydrogen-bond acceptors (Lipinski definition) is 9. The smallest absolute Gasteiger partial charge is 0.231 e. The molecule has 214 valence electrons. The van der Waals surface area contributed by atoms with Crippen LogP contribution >= 0.6 is 0 Å². The van der Waals surface area contributed by atoms with Crippen molar-refractivity contribution >= 4 is 28.9 Å². The molecule has 1 heterocycles. The number of ether oxygens (including phenoxy) is 2. The summed E-state index contributed by atoms with van der Waals surface area (Å²) in [6.45, 7) is 8.03. The molecule has 2 saturated carbocycles. The summed E-state index contributed by atoms with van der Waals surface area (Å²) < 4.78 is 11.0. The lowest BCUT2D eigenvalue weighted by Gasteiger charge is -2.61. The second kappa shape index (κ2) is 8.58. The minimum atomic E-state index is -2.71. The van der Waals surface area contributed by atoms with E-state index in [0.717, 1.165) is 12.5 Å². The minimum absolute atomic E-state index is 0.000721. The van der Waals surface area contributed by atoms with Gasteiger partial charge in [0.05, 0.1) is 11.5 Å². The summed E-state index contributed by atoms with van der Waals surface area (Å²) in [7, 11) is 0. The van der Waals surface area contributed by atoms with Gasteiger partial charge in [-0.05, 0) is 66.0 Å². The molecule has 4 aliphatic rings. The maximum atomic E-state index is 14.4. The highest BCUT2D eigenvalue weighted by molar-refractivity contribution is 6.32. The zero-order valence-electron chi connectivity index (χ0n) is 23.6. The van der Waals surface area contributed by atoms with Crippen LogP contribution in [-0.2, 0) is 25.6 Å². The van der Waals surface area contributed by atoms with Gasteiger partial charge in [-0.15, -0.1) is 0 Å². The van der Waals surface area contributed by atoms with Gasteiger partial charge in [0.1, 0.15) is 17.5 Å². The Hall–Kier alpha value is -3.85. The molecule has 2 fully saturated rings. The summed E-state index contributed by atoms with van der Waals surface area (Å²) in [5.41, 5.74) is -3.49. The fourth-order valence-corrected chi connectivity index (χ4v) is 8.47. The number of aromatic hydroxyl groups is 1. The third kappa shape index (κ3) is 3.35. The number of ketones is 5. The summed E-state index contributed by atoms with van der Waals surface area (Å²) in [4.78, 5) is 68.5. The maximum absolute atomic E-state index is 14.4. The van der Waals surface area contributed by atoms with Crippen LogP contribution in [0.15, 0.2) is 30.3 Å². The molecule has 0 aromatic heterocycles. The van der Waals surface area contributed by atoms with E-state index in [4.69, 9.17) is 9.47 Å². The fourth-order valence-electron chi connectivity index (χ4n) is 8.47. The van der Waals surface area contributed by atoms with Gasteiger partial charge in [0.2, 0.25) is 6.79 Å². The van der Waals surface area contributed by atoms with Crippen molar-refractivity contribution in [1.82, 2.24) is 0 Å². The number of rotatable bonds is 3. The quantitative estimate of drug-likeness (QED) is 0.539. The van der Waals surface area contributed by atoms with E-state index in [9.17, 15) is 34.2 Å². The van der Waals surface area contributed by atoms with Gasteiger partial charge in [-0.2, -0.15) is 0 Å². The number of phenolic OH excluding ortho intramolecular Hbond substituents is 1. The van der Waals surface area contributed by atoms with Gasteiger partial charge >= 0.3 is 0 Å². The number of Topliss-reactive ketones (excluding diaryl/α,β-unsaturated/α-hetero) is 5. The van der Waals surface area contributed by atoms with Crippen molar-refractivity contribution in [3.05, 3.63) is 41.5 Å². The predicted octanol–water partition coefficient (Wildman–Crippen LogP) is 3.49. The topological polar surface area (TPSA) is 144 Å². The Morgan fingerprint density at radius 2 is 1.68 bits per heavy atom. The molecule has 0 radical (unpaired) electrons. The number of benzene rings is 2. The second-order valence-corrected chi connectivity index (χ2v) is 12.9. The zero-order valence-corrected chi connectivity index (χ0v) is 23.6. The van der Waals surface area contributed by atoms with E-state index in [2.05, 4.69) is 0 Å². The van der Waals surface area contributed by atoms with Crippen molar-refractivity contribution in [2.24, 2.45) is 34.5 Å². The lowest BCUT2D eigenvalue weighted by Crippen LogP contribution is -2.76. The van der Waals surface area contributed by atoms with E-state index in [0.29, 0.717) is 22.6 Å². The van der Waals surface area contributed by atoms with Crippen molar-refractivity contribution < 1.29 is 43.7 Å². The summed E-state index contributed by atoms with van der Waals surface area (Å²) in [5, 5.41) is 23.0. The van der Waals surface area contributed by atoms with Crippen LogP contribution in [0.5, 0.6) is 17.2 Å². The largest absolute Gasteiger partial charge is 0.507 e. The number of phenols is 1. The van der Waals surface area contributed by atoms with Gasteiger partial charge in [0.25, 0.3) is 0 Å². The normalized spacial score (nSPS) is 33.9. The molecule has 1 aliphatic heterocycles. The van der Waals surface area contributed by atoms with Crippen molar-refractivity contribution in [3.63, 3.8) is 0 Å². The number of hydrogen-bond donors (Lipinski definition) is 2. The standard InChI is InChI=1S/C32H32O9/c1-14(2)24-26(35)22(15(3)33)28(37)32(39)29(38)25-27(36)23-18(11-30(25,4)12-31(24,32)5)17(7-8-19(23)34)16-6-9-20-21(10-16)41-13-40-20/h6-10,14,22,24-25,34,39H,11-13H2,1-5H3/t22?,24?,25?,30-,31-,32+/m1/s1. The Bertz CT molecular complexity index is 1590. The van der Waals surface area contributed by atoms with Crippen LogP contribution < -0.4 is 9.47 Å². The first kappa shape index (κ1) is 27.3. The molecule has 0 bridgehead atoms. The molecule has 2 aromatic carbocycles. The van der Waals surface area contributed by atoms with Crippen molar-refractivity contribution in [1.29, 1.82) is 0 Å². The zero-order chi connectivity index (χ0) is 29.8. The Balaban J connectivity index is 1.55.